The molecular weight excluding hydrogens is 184 g/mol. The second kappa shape index (κ2) is 6.84. The summed E-state index contributed by atoms with van der Waals surface area (Å²) in [5.74, 6) is 0. The molecule has 1 rings (SSSR count). The van der Waals surface area contributed by atoms with Gasteiger partial charge in [-0.1, -0.05) is 31.9 Å². The highest BCUT2D eigenvalue weighted by Crippen LogP contribution is 2.28. The van der Waals surface area contributed by atoms with E-state index in [4.69, 9.17) is 4.74 Å². The lowest BCUT2D eigenvalue weighted by Gasteiger charge is -2.27. The first-order chi connectivity index (χ1) is 7.31. The molecule has 0 aliphatic carbocycles. The van der Waals surface area contributed by atoms with Gasteiger partial charge in [-0.2, -0.15) is 0 Å². The molecule has 0 aromatic carbocycles. The summed E-state index contributed by atoms with van der Waals surface area (Å²) in [6, 6.07) is 0. The summed E-state index contributed by atoms with van der Waals surface area (Å²) in [7, 11) is 0. The molecule has 0 N–H and O–H groups in total. The molecule has 1 atom stereocenters. The zero-order chi connectivity index (χ0) is 11.1. The molecule has 0 aromatic heterocycles. The van der Waals surface area contributed by atoms with Crippen molar-refractivity contribution in [1.29, 1.82) is 0 Å². The summed E-state index contributed by atoms with van der Waals surface area (Å²) in [6.45, 7) is 9.12. The maximum atomic E-state index is 5.80. The summed E-state index contributed by atoms with van der Waals surface area (Å²) in [5, 5.41) is 0. The first-order valence-corrected chi connectivity index (χ1v) is 6.24. The molecule has 0 saturated carbocycles. The van der Waals surface area contributed by atoms with Gasteiger partial charge in [-0.15, -0.1) is 6.58 Å². The van der Waals surface area contributed by atoms with E-state index < -0.39 is 0 Å². The van der Waals surface area contributed by atoms with Gasteiger partial charge in [0.05, 0.1) is 12.7 Å². The summed E-state index contributed by atoms with van der Waals surface area (Å²) in [4.78, 5) is 0. The van der Waals surface area contributed by atoms with E-state index >= 15 is 0 Å². The van der Waals surface area contributed by atoms with Crippen LogP contribution in [0.5, 0.6) is 0 Å². The van der Waals surface area contributed by atoms with Gasteiger partial charge in [-0.25, -0.2) is 0 Å². The van der Waals surface area contributed by atoms with Gasteiger partial charge in [0.25, 0.3) is 0 Å². The van der Waals surface area contributed by atoms with Crippen molar-refractivity contribution >= 4 is 0 Å². The lowest BCUT2D eigenvalue weighted by molar-refractivity contribution is 0.0536. The first-order valence-electron chi connectivity index (χ1n) is 6.24. The Labute approximate surface area is 94.2 Å². The minimum atomic E-state index is 0.463. The van der Waals surface area contributed by atoms with Crippen LogP contribution in [0.2, 0.25) is 0 Å². The highest BCUT2D eigenvalue weighted by atomic mass is 16.5. The average Bonchev–Trinajstić information content (AvgIpc) is 2.28. The number of rotatable bonds is 6. The maximum Gasteiger partial charge on any atom is 0.0686 e. The van der Waals surface area contributed by atoms with Gasteiger partial charge >= 0.3 is 0 Å². The van der Waals surface area contributed by atoms with Crippen molar-refractivity contribution in [3.63, 3.8) is 0 Å². The summed E-state index contributed by atoms with van der Waals surface area (Å²) in [5.41, 5.74) is 3.14. The Hall–Kier alpha value is -0.560. The Bertz CT molecular complexity index is 227. The Morgan fingerprint density at radius 1 is 1.40 bits per heavy atom. The van der Waals surface area contributed by atoms with Crippen LogP contribution in [0.4, 0.5) is 0 Å². The van der Waals surface area contributed by atoms with Crippen molar-refractivity contribution in [3.8, 4) is 0 Å². The van der Waals surface area contributed by atoms with Gasteiger partial charge in [-0.05, 0) is 37.7 Å². The fourth-order valence-electron chi connectivity index (χ4n) is 2.11. The van der Waals surface area contributed by atoms with Gasteiger partial charge in [0.15, 0.2) is 0 Å². The molecule has 0 spiro atoms. The monoisotopic (exact) mass is 208 g/mol. The van der Waals surface area contributed by atoms with Crippen LogP contribution in [-0.4, -0.2) is 12.7 Å². The van der Waals surface area contributed by atoms with Crippen molar-refractivity contribution in [1.82, 2.24) is 0 Å². The molecule has 0 radical (unpaired) electrons. The number of ether oxygens (including phenoxy) is 1. The van der Waals surface area contributed by atoms with Crippen LogP contribution < -0.4 is 0 Å². The predicted molar refractivity (Wildman–Crippen MR) is 66.0 cm³/mol. The van der Waals surface area contributed by atoms with Crippen LogP contribution in [0.15, 0.2) is 23.8 Å². The van der Waals surface area contributed by atoms with E-state index in [9.17, 15) is 0 Å². The third kappa shape index (κ3) is 3.83. The van der Waals surface area contributed by atoms with Crippen molar-refractivity contribution in [2.75, 3.05) is 6.61 Å². The average molecular weight is 208 g/mol. The summed E-state index contributed by atoms with van der Waals surface area (Å²) < 4.78 is 5.80. The number of unbranched alkanes of at least 4 members (excludes halogenated alkanes) is 1. The van der Waals surface area contributed by atoms with E-state index in [1.165, 1.54) is 24.8 Å². The third-order valence-corrected chi connectivity index (χ3v) is 3.15. The van der Waals surface area contributed by atoms with Gasteiger partial charge in [-0.3, -0.25) is 0 Å². The zero-order valence-corrected chi connectivity index (χ0v) is 10.2. The molecule has 86 valence electrons. The van der Waals surface area contributed by atoms with Crippen LogP contribution in [0.3, 0.4) is 0 Å². The van der Waals surface area contributed by atoms with Gasteiger partial charge < -0.3 is 4.74 Å². The van der Waals surface area contributed by atoms with Gasteiger partial charge in [0, 0.05) is 0 Å². The second-order valence-corrected chi connectivity index (χ2v) is 4.35. The van der Waals surface area contributed by atoms with Crippen molar-refractivity contribution < 1.29 is 4.74 Å². The summed E-state index contributed by atoms with van der Waals surface area (Å²) in [6.07, 6.45) is 9.61. The fourth-order valence-corrected chi connectivity index (χ4v) is 2.11. The van der Waals surface area contributed by atoms with E-state index in [-0.39, 0.29) is 0 Å². The zero-order valence-electron chi connectivity index (χ0n) is 10.2. The van der Waals surface area contributed by atoms with Crippen LogP contribution in [-0.2, 0) is 4.74 Å². The Morgan fingerprint density at radius 3 is 2.80 bits per heavy atom. The molecule has 1 aliphatic rings. The molecule has 0 saturated heterocycles. The Morgan fingerprint density at radius 2 is 2.20 bits per heavy atom. The van der Waals surface area contributed by atoms with Crippen LogP contribution >= 0.6 is 0 Å². The number of hydrogen-bond donors (Lipinski definition) is 0. The quantitative estimate of drug-likeness (QED) is 0.593. The van der Waals surface area contributed by atoms with Gasteiger partial charge in [0.2, 0.25) is 0 Å². The minimum absolute atomic E-state index is 0.463. The van der Waals surface area contributed by atoms with Crippen LogP contribution in [0.25, 0.3) is 0 Å². The largest absolute Gasteiger partial charge is 0.374 e. The molecule has 1 aliphatic heterocycles. The Kier molecular flexibility index (Phi) is 5.70. The van der Waals surface area contributed by atoms with Crippen molar-refractivity contribution in [2.24, 2.45) is 0 Å². The number of hydrogen-bond acceptors (Lipinski definition) is 1. The molecule has 1 heteroatoms. The van der Waals surface area contributed by atoms with E-state index in [1.54, 1.807) is 5.57 Å². The lowest BCUT2D eigenvalue weighted by atomic mass is 9.92. The lowest BCUT2D eigenvalue weighted by Crippen LogP contribution is -2.21. The number of allylic oxidation sites excluding steroid dienone is 1. The maximum absolute atomic E-state index is 5.80. The van der Waals surface area contributed by atoms with Crippen molar-refractivity contribution in [3.05, 3.63) is 23.8 Å². The van der Waals surface area contributed by atoms with Crippen LogP contribution in [0, 0.1) is 0 Å². The van der Waals surface area contributed by atoms with E-state index in [2.05, 4.69) is 20.4 Å². The summed E-state index contributed by atoms with van der Waals surface area (Å²) >= 11 is 0. The SMILES string of the molecule is C=CCC1=C(CCCC)C[C@@H](CC)OC1. The minimum Gasteiger partial charge on any atom is -0.374 e. The molecule has 0 aromatic rings. The normalized spacial score (nSPS) is 21.9. The van der Waals surface area contributed by atoms with Gasteiger partial charge in [0.1, 0.15) is 0 Å². The van der Waals surface area contributed by atoms with Crippen LogP contribution in [0.1, 0.15) is 52.4 Å². The molecule has 0 bridgehead atoms. The highest BCUT2D eigenvalue weighted by Gasteiger charge is 2.18. The predicted octanol–water partition coefficient (Wildman–Crippen LogP) is 4.25. The molecule has 15 heavy (non-hydrogen) atoms. The fraction of sp³-hybridized carbons (Fsp3) is 0.714. The highest BCUT2D eigenvalue weighted by molar-refractivity contribution is 5.20. The molecule has 1 nitrogen and oxygen atoms in total. The molecule has 1 heterocycles. The molecule has 0 fully saturated rings. The molecule has 0 unspecified atom stereocenters. The second-order valence-electron chi connectivity index (χ2n) is 4.35. The standard InChI is InChI=1S/C14H24O/c1-4-7-9-12-10-14(6-3)15-11-13(12)8-5-2/h5,14H,2,4,6-11H2,1,3H3/t14-/m1/s1. The molecule has 0 amide bonds. The van der Waals surface area contributed by atoms with Crippen molar-refractivity contribution in [2.45, 2.75) is 58.5 Å². The Balaban J connectivity index is 2.62. The van der Waals surface area contributed by atoms with E-state index in [0.29, 0.717) is 6.10 Å². The third-order valence-electron chi connectivity index (χ3n) is 3.15. The topological polar surface area (TPSA) is 9.23 Å². The first kappa shape index (κ1) is 12.5. The van der Waals surface area contributed by atoms with E-state index in [0.717, 1.165) is 25.9 Å². The van der Waals surface area contributed by atoms with E-state index in [1.807, 2.05) is 6.08 Å². The molecular formula is C14H24O. The smallest absolute Gasteiger partial charge is 0.0686 e.